The normalized spacial score (nSPS) is 10.2. The summed E-state index contributed by atoms with van der Waals surface area (Å²) in [6.07, 6.45) is 4.78. The molecule has 2 N–H and O–H groups in total. The van der Waals surface area contributed by atoms with Gasteiger partial charge < -0.3 is 10.5 Å². The van der Waals surface area contributed by atoms with Gasteiger partial charge in [0.25, 0.3) is 0 Å². The molecule has 5 nitrogen and oxygen atoms in total. The van der Waals surface area contributed by atoms with Crippen LogP contribution in [0.4, 0.5) is 5.82 Å². The zero-order chi connectivity index (χ0) is 11.1. The van der Waals surface area contributed by atoms with E-state index < -0.39 is 0 Å². The molecule has 1 rings (SSSR count). The molecule has 5 heteroatoms. The molecule has 0 aliphatic carbocycles. The second kappa shape index (κ2) is 6.06. The predicted octanol–water partition coefficient (Wildman–Crippen LogP) is 1.20. The molecule has 15 heavy (non-hydrogen) atoms. The van der Waals surface area contributed by atoms with Crippen LogP contribution >= 0.6 is 0 Å². The zero-order valence-electron chi connectivity index (χ0n) is 8.98. The van der Waals surface area contributed by atoms with Gasteiger partial charge in [0.15, 0.2) is 0 Å². The Morgan fingerprint density at radius 1 is 1.60 bits per heavy atom. The van der Waals surface area contributed by atoms with Gasteiger partial charge in [-0.1, -0.05) is 19.8 Å². The highest BCUT2D eigenvalue weighted by Gasteiger charge is 2.04. The lowest BCUT2D eigenvalue weighted by Gasteiger charge is -2.03. The van der Waals surface area contributed by atoms with Crippen LogP contribution in [0, 0.1) is 0 Å². The lowest BCUT2D eigenvalue weighted by Crippen LogP contribution is -2.14. The van der Waals surface area contributed by atoms with Gasteiger partial charge in [-0.15, -0.1) is 0 Å². The summed E-state index contributed by atoms with van der Waals surface area (Å²) >= 11 is 0. The van der Waals surface area contributed by atoms with Gasteiger partial charge in [0.2, 0.25) is 0 Å². The first kappa shape index (κ1) is 11.6. The Bertz CT molecular complexity index is 309. The minimum absolute atomic E-state index is 0.128. The van der Waals surface area contributed by atoms with Gasteiger partial charge in [-0.05, 0) is 12.5 Å². The maximum atomic E-state index is 11.3. The third kappa shape index (κ3) is 4.49. The van der Waals surface area contributed by atoms with Crippen molar-refractivity contribution in [2.45, 2.75) is 32.7 Å². The number of nitrogen functional groups attached to an aromatic ring is 1. The van der Waals surface area contributed by atoms with Crippen molar-refractivity contribution in [3.05, 3.63) is 12.3 Å². The first-order valence-corrected chi connectivity index (χ1v) is 5.17. The smallest absolute Gasteiger partial charge is 0.327 e. The summed E-state index contributed by atoms with van der Waals surface area (Å²) in [5, 5.41) is 3.89. The highest BCUT2D eigenvalue weighted by Crippen LogP contribution is 1.98. The number of rotatable bonds is 6. The number of nitrogens with zero attached hydrogens (tertiary/aromatic N) is 2. The summed E-state index contributed by atoms with van der Waals surface area (Å²) in [6.45, 7) is 2.72. The molecule has 0 bridgehead atoms. The van der Waals surface area contributed by atoms with E-state index in [0.29, 0.717) is 12.4 Å². The molecule has 0 radical (unpaired) electrons. The van der Waals surface area contributed by atoms with E-state index in [1.54, 1.807) is 12.3 Å². The Morgan fingerprint density at radius 2 is 2.40 bits per heavy atom. The number of aromatic nitrogens is 2. The van der Waals surface area contributed by atoms with Crippen molar-refractivity contribution in [1.29, 1.82) is 0 Å². The van der Waals surface area contributed by atoms with Crippen molar-refractivity contribution < 1.29 is 9.53 Å². The molecule has 0 aromatic carbocycles. The number of unbranched alkanes of at least 4 members (excludes halogenated alkanes) is 2. The van der Waals surface area contributed by atoms with Crippen LogP contribution in [0.1, 0.15) is 26.2 Å². The summed E-state index contributed by atoms with van der Waals surface area (Å²) in [7, 11) is 0. The summed E-state index contributed by atoms with van der Waals surface area (Å²) in [5.41, 5.74) is 5.41. The van der Waals surface area contributed by atoms with Crippen LogP contribution in [-0.4, -0.2) is 22.4 Å². The maximum absolute atomic E-state index is 11.3. The molecule has 84 valence electrons. The van der Waals surface area contributed by atoms with E-state index in [1.807, 2.05) is 0 Å². The average molecular weight is 211 g/mol. The van der Waals surface area contributed by atoms with E-state index in [9.17, 15) is 4.79 Å². The molecule has 0 fully saturated rings. The molecule has 0 saturated carbocycles. The zero-order valence-corrected chi connectivity index (χ0v) is 8.98. The number of hydrogen-bond acceptors (Lipinski definition) is 4. The fourth-order valence-corrected chi connectivity index (χ4v) is 1.18. The Balaban J connectivity index is 2.18. The summed E-state index contributed by atoms with van der Waals surface area (Å²) in [6, 6.07) is 1.64. The Labute approximate surface area is 89.2 Å². The SMILES string of the molecule is CCCCCOC(=O)Cn1ccc(N)n1. The molecule has 0 aliphatic heterocycles. The van der Waals surface area contributed by atoms with Crippen LogP contribution in [0.3, 0.4) is 0 Å². The van der Waals surface area contributed by atoms with Gasteiger partial charge in [-0.3, -0.25) is 9.48 Å². The molecule has 0 spiro atoms. The monoisotopic (exact) mass is 211 g/mol. The molecule has 0 aliphatic rings. The molecular formula is C10H17N3O2. The third-order valence-corrected chi connectivity index (χ3v) is 1.96. The Morgan fingerprint density at radius 3 is 3.00 bits per heavy atom. The summed E-state index contributed by atoms with van der Waals surface area (Å²) < 4.78 is 6.49. The molecule has 1 aromatic rings. The van der Waals surface area contributed by atoms with Gasteiger partial charge >= 0.3 is 5.97 Å². The maximum Gasteiger partial charge on any atom is 0.327 e. The minimum atomic E-state index is -0.269. The van der Waals surface area contributed by atoms with Crippen LogP contribution in [0.25, 0.3) is 0 Å². The Kier molecular flexibility index (Phi) is 4.66. The first-order chi connectivity index (χ1) is 7.22. The number of nitrogens with two attached hydrogens (primary N) is 1. The largest absolute Gasteiger partial charge is 0.464 e. The molecule has 0 amide bonds. The number of ether oxygens (including phenoxy) is 1. The first-order valence-electron chi connectivity index (χ1n) is 5.17. The van der Waals surface area contributed by atoms with E-state index >= 15 is 0 Å². The highest BCUT2D eigenvalue weighted by molar-refractivity contribution is 5.69. The minimum Gasteiger partial charge on any atom is -0.464 e. The van der Waals surface area contributed by atoms with Gasteiger partial charge in [0.05, 0.1) is 6.61 Å². The molecular weight excluding hydrogens is 194 g/mol. The number of esters is 1. The number of anilines is 1. The quantitative estimate of drug-likeness (QED) is 0.567. The number of carbonyl (C=O) groups is 1. The van der Waals surface area contributed by atoms with Gasteiger partial charge in [0, 0.05) is 6.20 Å². The Hall–Kier alpha value is -1.52. The summed E-state index contributed by atoms with van der Waals surface area (Å²) in [5.74, 6) is 0.142. The van der Waals surface area contributed by atoms with E-state index in [-0.39, 0.29) is 12.5 Å². The fraction of sp³-hybridized carbons (Fsp3) is 0.600. The summed E-state index contributed by atoms with van der Waals surface area (Å²) in [4.78, 5) is 11.3. The topological polar surface area (TPSA) is 70.1 Å². The standard InChI is InChI=1S/C10H17N3O2/c1-2-3-4-7-15-10(14)8-13-6-5-9(11)12-13/h5-6H,2-4,7-8H2,1H3,(H2,11,12). The van der Waals surface area contributed by atoms with Crippen LogP contribution in [0.5, 0.6) is 0 Å². The lowest BCUT2D eigenvalue weighted by molar-refractivity contribution is -0.144. The average Bonchev–Trinajstić information content (AvgIpc) is 2.59. The van der Waals surface area contributed by atoms with Crippen molar-refractivity contribution in [3.63, 3.8) is 0 Å². The van der Waals surface area contributed by atoms with Crippen molar-refractivity contribution in [3.8, 4) is 0 Å². The lowest BCUT2D eigenvalue weighted by atomic mass is 10.3. The molecule has 1 aromatic heterocycles. The van der Waals surface area contributed by atoms with Crippen LogP contribution in [0.2, 0.25) is 0 Å². The third-order valence-electron chi connectivity index (χ3n) is 1.96. The van der Waals surface area contributed by atoms with E-state index in [0.717, 1.165) is 19.3 Å². The van der Waals surface area contributed by atoms with Crippen molar-refractivity contribution in [1.82, 2.24) is 9.78 Å². The molecule has 0 unspecified atom stereocenters. The predicted molar refractivity (Wildman–Crippen MR) is 57.1 cm³/mol. The number of carbonyl (C=O) groups excluding carboxylic acids is 1. The molecule has 1 heterocycles. The second-order valence-corrected chi connectivity index (χ2v) is 3.37. The van der Waals surface area contributed by atoms with E-state index in [4.69, 9.17) is 10.5 Å². The fourth-order valence-electron chi connectivity index (χ4n) is 1.18. The van der Waals surface area contributed by atoms with Crippen LogP contribution in [0.15, 0.2) is 12.3 Å². The van der Waals surface area contributed by atoms with E-state index in [1.165, 1.54) is 4.68 Å². The van der Waals surface area contributed by atoms with Gasteiger partial charge in [-0.25, -0.2) is 0 Å². The number of hydrogen-bond donors (Lipinski definition) is 1. The van der Waals surface area contributed by atoms with E-state index in [2.05, 4.69) is 12.0 Å². The molecule has 0 saturated heterocycles. The van der Waals surface area contributed by atoms with Crippen molar-refractivity contribution in [2.75, 3.05) is 12.3 Å². The van der Waals surface area contributed by atoms with Gasteiger partial charge in [-0.2, -0.15) is 5.10 Å². The van der Waals surface area contributed by atoms with Crippen LogP contribution in [-0.2, 0) is 16.1 Å². The van der Waals surface area contributed by atoms with Gasteiger partial charge in [0.1, 0.15) is 12.4 Å². The second-order valence-electron chi connectivity index (χ2n) is 3.37. The van der Waals surface area contributed by atoms with Crippen molar-refractivity contribution >= 4 is 11.8 Å². The molecule has 0 atom stereocenters. The highest BCUT2D eigenvalue weighted by atomic mass is 16.5. The van der Waals surface area contributed by atoms with Crippen LogP contribution < -0.4 is 5.73 Å². The van der Waals surface area contributed by atoms with Crippen molar-refractivity contribution in [2.24, 2.45) is 0 Å².